The molecular weight excluding hydrogens is 440 g/mol. The number of ether oxygens (including phenoxy) is 1. The van der Waals surface area contributed by atoms with Gasteiger partial charge in [-0.2, -0.15) is 13.2 Å². The molecule has 3 aromatic rings. The van der Waals surface area contributed by atoms with E-state index >= 15 is 0 Å². The lowest BCUT2D eigenvalue weighted by Crippen LogP contribution is -2.47. The second kappa shape index (κ2) is 9.35. The number of pyridine rings is 1. The number of rotatable bonds is 7. The van der Waals surface area contributed by atoms with Gasteiger partial charge in [0.15, 0.2) is 17.2 Å². The molecule has 2 N–H and O–H groups in total. The number of benzene rings is 2. The summed E-state index contributed by atoms with van der Waals surface area (Å²) < 4.78 is 61.7. The van der Waals surface area contributed by atoms with Crippen LogP contribution in [0.4, 0.5) is 23.2 Å². The molecule has 2 atom stereocenters. The third-order valence-electron chi connectivity index (χ3n) is 5.67. The van der Waals surface area contributed by atoms with Gasteiger partial charge in [0.2, 0.25) is 5.56 Å². The molecular formula is C24H24F4N2O3. The van der Waals surface area contributed by atoms with Gasteiger partial charge in [-0.3, -0.25) is 9.79 Å². The maximum atomic E-state index is 14.5. The highest BCUT2D eigenvalue weighted by molar-refractivity contribution is 5.91. The number of aliphatic imine (C=N–C) groups is 1. The summed E-state index contributed by atoms with van der Waals surface area (Å²) in [7, 11) is 1.25. The first-order chi connectivity index (χ1) is 15.5. The second-order valence-corrected chi connectivity index (χ2v) is 7.87. The minimum Gasteiger partial charge on any atom is -0.493 e. The fourth-order valence-corrected chi connectivity index (χ4v) is 3.75. The maximum absolute atomic E-state index is 14.5. The van der Waals surface area contributed by atoms with E-state index in [1.165, 1.54) is 50.4 Å². The van der Waals surface area contributed by atoms with Gasteiger partial charge in [0.1, 0.15) is 0 Å². The Hall–Kier alpha value is -3.20. The first-order valence-corrected chi connectivity index (χ1v) is 10.3. The number of H-pyrrole nitrogens is 1. The van der Waals surface area contributed by atoms with Crippen molar-refractivity contribution < 1.29 is 27.4 Å². The van der Waals surface area contributed by atoms with E-state index in [4.69, 9.17) is 4.74 Å². The van der Waals surface area contributed by atoms with Crippen LogP contribution in [0.2, 0.25) is 0 Å². The van der Waals surface area contributed by atoms with Crippen molar-refractivity contribution in [2.24, 2.45) is 4.99 Å². The van der Waals surface area contributed by atoms with Crippen LogP contribution in [0.5, 0.6) is 5.75 Å². The zero-order valence-corrected chi connectivity index (χ0v) is 18.3. The summed E-state index contributed by atoms with van der Waals surface area (Å²) in [5.41, 5.74) is -2.56. The Balaban J connectivity index is 2.04. The van der Waals surface area contributed by atoms with Gasteiger partial charge < -0.3 is 14.8 Å². The lowest BCUT2D eigenvalue weighted by Gasteiger charge is -2.31. The van der Waals surface area contributed by atoms with E-state index in [0.29, 0.717) is 22.7 Å². The molecule has 1 heterocycles. The van der Waals surface area contributed by atoms with Crippen LogP contribution in [0.15, 0.2) is 52.3 Å². The molecule has 0 bridgehead atoms. The Labute approximate surface area is 187 Å². The van der Waals surface area contributed by atoms with Crippen LogP contribution in [0.25, 0.3) is 10.9 Å². The molecule has 2 unspecified atom stereocenters. The topological polar surface area (TPSA) is 74.7 Å². The molecule has 3 rings (SSSR count). The number of nitrogens with zero attached hydrogens (tertiary/aromatic N) is 1. The number of alkyl halides is 3. The van der Waals surface area contributed by atoms with E-state index in [1.54, 1.807) is 13.0 Å². The Morgan fingerprint density at radius 3 is 2.55 bits per heavy atom. The van der Waals surface area contributed by atoms with E-state index in [-0.39, 0.29) is 29.0 Å². The first kappa shape index (κ1) is 24.4. The average molecular weight is 464 g/mol. The van der Waals surface area contributed by atoms with Crippen molar-refractivity contribution in [1.82, 2.24) is 4.98 Å². The highest BCUT2D eigenvalue weighted by atomic mass is 19.4. The number of halogens is 4. The molecule has 0 aliphatic rings. The van der Waals surface area contributed by atoms with Crippen molar-refractivity contribution in [1.29, 1.82) is 0 Å². The highest BCUT2D eigenvalue weighted by Crippen LogP contribution is 2.42. The van der Waals surface area contributed by atoms with Crippen LogP contribution in [0.1, 0.15) is 36.8 Å². The van der Waals surface area contributed by atoms with Gasteiger partial charge in [-0.15, -0.1) is 0 Å². The summed E-state index contributed by atoms with van der Waals surface area (Å²) in [5.74, 6) is -1.65. The molecule has 2 aromatic carbocycles. The molecule has 0 radical (unpaired) electrons. The minimum absolute atomic E-state index is 0.138. The van der Waals surface area contributed by atoms with Gasteiger partial charge in [0.05, 0.1) is 18.3 Å². The summed E-state index contributed by atoms with van der Waals surface area (Å²) >= 11 is 0. The van der Waals surface area contributed by atoms with Crippen molar-refractivity contribution in [3.63, 3.8) is 0 Å². The number of aliphatic hydroxyl groups is 1. The van der Waals surface area contributed by atoms with Gasteiger partial charge in [0.25, 0.3) is 0 Å². The Morgan fingerprint density at radius 1 is 1.18 bits per heavy atom. The SMILES string of the molecule is CCC(CC(O)(C=Nc1cccc2[nH]c(=O)ccc12)C(F)(F)F)c1ccc(C)c(F)c1OC. The molecule has 0 saturated heterocycles. The van der Waals surface area contributed by atoms with Crippen LogP contribution in [0.3, 0.4) is 0 Å². The number of aryl methyl sites for hydroxylation is 1. The normalized spacial score (nSPS) is 15.0. The summed E-state index contributed by atoms with van der Waals surface area (Å²) in [6.45, 7) is 3.18. The largest absolute Gasteiger partial charge is 0.493 e. The predicted octanol–water partition coefficient (Wildman–Crippen LogP) is 5.56. The van der Waals surface area contributed by atoms with E-state index in [9.17, 15) is 27.5 Å². The number of hydrogen-bond acceptors (Lipinski definition) is 4. The number of aromatic nitrogens is 1. The zero-order valence-electron chi connectivity index (χ0n) is 18.3. The molecule has 0 aliphatic carbocycles. The summed E-state index contributed by atoms with van der Waals surface area (Å²) in [6.07, 6.45) is -5.16. The van der Waals surface area contributed by atoms with Gasteiger partial charge in [-0.1, -0.05) is 25.1 Å². The van der Waals surface area contributed by atoms with Crippen molar-refractivity contribution in [3.8, 4) is 5.75 Å². The number of hydrogen-bond donors (Lipinski definition) is 2. The number of aromatic amines is 1. The lowest BCUT2D eigenvalue weighted by atomic mass is 9.83. The molecule has 5 nitrogen and oxygen atoms in total. The van der Waals surface area contributed by atoms with Crippen molar-refractivity contribution in [2.75, 3.05) is 7.11 Å². The smallest absolute Gasteiger partial charge is 0.422 e. The quantitative estimate of drug-likeness (QED) is 0.355. The van der Waals surface area contributed by atoms with Crippen molar-refractivity contribution >= 4 is 22.8 Å². The minimum atomic E-state index is -5.04. The summed E-state index contributed by atoms with van der Waals surface area (Å²) in [6, 6.07) is 10.3. The van der Waals surface area contributed by atoms with E-state index < -0.39 is 29.9 Å². The fourth-order valence-electron chi connectivity index (χ4n) is 3.75. The molecule has 9 heteroatoms. The number of fused-ring (bicyclic) bond motifs is 1. The lowest BCUT2D eigenvalue weighted by molar-refractivity contribution is -0.232. The van der Waals surface area contributed by atoms with Gasteiger partial charge in [-0.25, -0.2) is 4.39 Å². The van der Waals surface area contributed by atoms with Gasteiger partial charge >= 0.3 is 6.18 Å². The number of nitrogens with one attached hydrogen (secondary N) is 1. The van der Waals surface area contributed by atoms with Crippen LogP contribution in [-0.4, -0.2) is 35.2 Å². The van der Waals surface area contributed by atoms with Crippen molar-refractivity contribution in [2.45, 2.75) is 44.4 Å². The number of methoxy groups -OCH3 is 1. The van der Waals surface area contributed by atoms with Crippen LogP contribution < -0.4 is 10.3 Å². The molecule has 1 aromatic heterocycles. The second-order valence-electron chi connectivity index (χ2n) is 7.87. The fraction of sp³-hybridized carbons (Fsp3) is 0.333. The van der Waals surface area contributed by atoms with Crippen LogP contribution in [-0.2, 0) is 0 Å². The maximum Gasteiger partial charge on any atom is 0.422 e. The summed E-state index contributed by atoms with van der Waals surface area (Å²) in [5, 5.41) is 11.1. The van der Waals surface area contributed by atoms with Gasteiger partial charge in [-0.05, 0) is 49.4 Å². The van der Waals surface area contributed by atoms with Crippen LogP contribution in [0, 0.1) is 12.7 Å². The molecule has 0 spiro atoms. The van der Waals surface area contributed by atoms with Gasteiger partial charge in [0, 0.05) is 23.2 Å². The molecule has 0 amide bonds. The average Bonchev–Trinajstić information content (AvgIpc) is 2.76. The molecule has 0 aliphatic heterocycles. The van der Waals surface area contributed by atoms with Crippen molar-refractivity contribution in [3.05, 3.63) is 69.8 Å². The highest BCUT2D eigenvalue weighted by Gasteiger charge is 2.53. The Bertz CT molecular complexity index is 1240. The molecule has 33 heavy (non-hydrogen) atoms. The molecule has 0 saturated carbocycles. The standard InChI is InChI=1S/C24H24F4N2O3/c1-4-15(16-9-8-14(2)21(25)22(16)33-3)12-23(32,24(26,27)28)13-29-18-6-5-7-19-17(18)10-11-20(31)30-19/h5-11,13,15,32H,4,12H2,1-3H3,(H,30,31). The molecule has 176 valence electrons. The van der Waals surface area contributed by atoms with E-state index in [0.717, 1.165) is 0 Å². The third-order valence-corrected chi connectivity index (χ3v) is 5.67. The first-order valence-electron chi connectivity index (χ1n) is 10.3. The van der Waals surface area contributed by atoms with Crippen LogP contribution >= 0.6 is 0 Å². The van der Waals surface area contributed by atoms with E-state index in [2.05, 4.69) is 9.98 Å². The predicted molar refractivity (Wildman–Crippen MR) is 119 cm³/mol. The Kier molecular flexibility index (Phi) is 6.92. The molecule has 0 fully saturated rings. The Morgan fingerprint density at radius 2 is 1.91 bits per heavy atom. The monoisotopic (exact) mass is 464 g/mol. The van der Waals surface area contributed by atoms with E-state index in [1.807, 2.05) is 0 Å². The third kappa shape index (κ3) is 4.93. The summed E-state index contributed by atoms with van der Waals surface area (Å²) in [4.78, 5) is 18.0. The zero-order chi connectivity index (χ0) is 24.4.